The minimum atomic E-state index is -7.37. The average Bonchev–Trinajstić information content (AvgIpc) is 2.86. The molecule has 3 rings (SSSR count). The van der Waals surface area contributed by atoms with Crippen molar-refractivity contribution < 1.29 is 66.8 Å². The molecule has 0 aliphatic heterocycles. The lowest BCUT2D eigenvalue weighted by Gasteiger charge is -2.31. The Morgan fingerprint density at radius 2 is 1.49 bits per heavy atom. The second-order valence-corrected chi connectivity index (χ2v) is 11.5. The van der Waals surface area contributed by atoms with Gasteiger partial charge in [0, 0.05) is 29.5 Å². The summed E-state index contributed by atoms with van der Waals surface area (Å²) in [6, 6.07) is 12.1. The van der Waals surface area contributed by atoms with Gasteiger partial charge in [-0.1, -0.05) is 37.6 Å². The molecule has 0 heterocycles. The highest BCUT2D eigenvalue weighted by Crippen LogP contribution is 2.54. The molecule has 0 spiro atoms. The van der Waals surface area contributed by atoms with Crippen LogP contribution in [0, 0.1) is 0 Å². The minimum Gasteiger partial charge on any atom is -0.493 e. The van der Waals surface area contributed by atoms with Crippen LogP contribution < -0.4 is 4.74 Å². The first-order chi connectivity index (χ1) is 18.7. The van der Waals surface area contributed by atoms with Crippen LogP contribution in [-0.4, -0.2) is 59.7 Å². The number of hydrogen-bond donors (Lipinski definition) is 1. The van der Waals surface area contributed by atoms with Crippen LogP contribution in [0.4, 0.5) is 39.5 Å². The molecule has 41 heavy (non-hydrogen) atoms. The molecule has 1 N–H and O–H groups in total. The fourth-order valence-corrected chi connectivity index (χ4v) is 5.16. The second-order valence-electron chi connectivity index (χ2n) is 8.76. The van der Waals surface area contributed by atoms with Crippen LogP contribution in [-0.2, 0) is 19.7 Å². The number of Topliss-reactive ketones (excluding diaryl/α,β-unsaturated/α-hetero) is 2. The van der Waals surface area contributed by atoms with E-state index in [1.807, 2.05) is 24.3 Å². The maximum atomic E-state index is 12.2. The molecule has 2 aromatic rings. The first-order valence-electron chi connectivity index (χ1n) is 11.7. The van der Waals surface area contributed by atoms with Gasteiger partial charge in [0.1, 0.15) is 17.3 Å². The van der Waals surface area contributed by atoms with Gasteiger partial charge in [-0.2, -0.15) is 47.9 Å². The molecule has 17 heteroatoms. The van der Waals surface area contributed by atoms with Crippen molar-refractivity contribution in [2.75, 3.05) is 6.61 Å². The first kappa shape index (κ1) is 34.7. The number of halogens is 9. The van der Waals surface area contributed by atoms with Crippen molar-refractivity contribution in [2.45, 2.75) is 72.4 Å². The smallest absolute Gasteiger partial charge is 0.460 e. The molecule has 1 saturated carbocycles. The standard InChI is InChI=1S/C20H22O3S.C4HF9O3S/c1-2-3-12-23-18-10-11-19(16-7-5-4-6-15(16)18)24-20-13-14(21)8-9-17(20)22;5-1(6,3(9,10)11)2(7,8)4(12,13)17(14,15)16/h4-7,10-11,20H,2-3,8-9,12-13H2,1H3;(H,14,15,16). The molecule has 2 aromatic carbocycles. The molecular weight excluding hydrogens is 619 g/mol. The molecule has 0 aromatic heterocycles. The molecule has 0 saturated heterocycles. The molecule has 0 radical (unpaired) electrons. The summed E-state index contributed by atoms with van der Waals surface area (Å²) in [5.41, 5.74) is 0. The fraction of sp³-hybridized carbons (Fsp3) is 0.500. The fourth-order valence-electron chi connectivity index (χ4n) is 3.43. The summed E-state index contributed by atoms with van der Waals surface area (Å²) >= 11 is 1.52. The number of alkyl halides is 9. The van der Waals surface area contributed by atoms with Crippen LogP contribution in [0.15, 0.2) is 41.3 Å². The number of benzene rings is 2. The van der Waals surface area contributed by atoms with E-state index in [2.05, 4.69) is 19.1 Å². The summed E-state index contributed by atoms with van der Waals surface area (Å²) < 4.78 is 140. The maximum Gasteiger partial charge on any atom is 0.460 e. The van der Waals surface area contributed by atoms with Crippen molar-refractivity contribution in [3.63, 3.8) is 0 Å². The van der Waals surface area contributed by atoms with Gasteiger partial charge in [-0.05, 0) is 23.9 Å². The largest absolute Gasteiger partial charge is 0.493 e. The summed E-state index contributed by atoms with van der Waals surface area (Å²) in [7, 11) is -7.17. The molecule has 230 valence electrons. The highest BCUT2D eigenvalue weighted by molar-refractivity contribution is 8.00. The Labute approximate surface area is 232 Å². The van der Waals surface area contributed by atoms with E-state index in [4.69, 9.17) is 9.29 Å². The number of unbranched alkanes of at least 4 members (excludes halogenated alkanes) is 1. The SMILES string of the molecule is CCCCOc1ccc(SC2CC(=O)CCC2=O)c2ccccc12.O=S(=O)(O)C(F)(F)C(F)(F)C(F)(F)C(F)(F)F. The normalized spacial score (nSPS) is 17.3. The van der Waals surface area contributed by atoms with E-state index in [1.165, 1.54) is 11.8 Å². The summed E-state index contributed by atoms with van der Waals surface area (Å²) in [6.45, 7) is 2.85. The number of thioether (sulfide) groups is 1. The Hall–Kier alpha value is -2.53. The van der Waals surface area contributed by atoms with Gasteiger partial charge in [-0.15, -0.1) is 11.8 Å². The molecular formula is C24H23F9O6S2. The molecule has 6 nitrogen and oxygen atoms in total. The first-order valence-corrected chi connectivity index (χ1v) is 14.0. The van der Waals surface area contributed by atoms with Gasteiger partial charge < -0.3 is 4.74 Å². The summed E-state index contributed by atoms with van der Waals surface area (Å²) in [5, 5.41) is -5.10. The van der Waals surface area contributed by atoms with E-state index >= 15 is 0 Å². The average molecular weight is 643 g/mol. The zero-order chi connectivity index (χ0) is 31.4. The molecule has 1 unspecified atom stereocenters. The van der Waals surface area contributed by atoms with Crippen LogP contribution in [0.25, 0.3) is 10.8 Å². The summed E-state index contributed by atoms with van der Waals surface area (Å²) in [5.74, 6) is -13.5. The van der Waals surface area contributed by atoms with Crippen molar-refractivity contribution in [3.8, 4) is 5.75 Å². The number of ether oxygens (including phenoxy) is 1. The third-order valence-electron chi connectivity index (χ3n) is 5.73. The van der Waals surface area contributed by atoms with Crippen LogP contribution in [0.2, 0.25) is 0 Å². The van der Waals surface area contributed by atoms with Gasteiger partial charge >= 0.3 is 33.4 Å². The quantitative estimate of drug-likeness (QED) is 0.177. The second kappa shape index (κ2) is 12.8. The number of ketones is 2. The molecule has 1 aliphatic rings. The molecule has 1 fully saturated rings. The Bertz CT molecular complexity index is 1360. The van der Waals surface area contributed by atoms with E-state index < -0.39 is 33.4 Å². The van der Waals surface area contributed by atoms with E-state index in [0.29, 0.717) is 25.9 Å². The van der Waals surface area contributed by atoms with Crippen LogP contribution in [0.3, 0.4) is 0 Å². The van der Waals surface area contributed by atoms with E-state index in [1.54, 1.807) is 0 Å². The number of carbonyl (C=O) groups excluding carboxylic acids is 2. The van der Waals surface area contributed by atoms with Crippen LogP contribution in [0.1, 0.15) is 39.0 Å². The monoisotopic (exact) mass is 642 g/mol. The molecule has 0 amide bonds. The predicted octanol–water partition coefficient (Wildman–Crippen LogP) is 7.10. The Morgan fingerprint density at radius 1 is 0.902 bits per heavy atom. The Morgan fingerprint density at radius 3 is 2.02 bits per heavy atom. The lowest BCUT2D eigenvalue weighted by Crippen LogP contribution is -2.63. The van der Waals surface area contributed by atoms with Gasteiger partial charge in [0.2, 0.25) is 0 Å². The minimum absolute atomic E-state index is 0.187. The van der Waals surface area contributed by atoms with Crippen molar-refractivity contribution in [2.24, 2.45) is 0 Å². The summed E-state index contributed by atoms with van der Waals surface area (Å²) in [6.07, 6.45) is -3.86. The number of rotatable bonds is 9. The maximum absolute atomic E-state index is 12.2. The van der Waals surface area contributed by atoms with Crippen LogP contribution >= 0.6 is 11.8 Å². The van der Waals surface area contributed by atoms with Gasteiger partial charge in [0.25, 0.3) is 0 Å². The topological polar surface area (TPSA) is 97.7 Å². The highest BCUT2D eigenvalue weighted by Gasteiger charge is 2.85. The number of fused-ring (bicyclic) bond motifs is 1. The lowest BCUT2D eigenvalue weighted by atomic mass is 9.98. The van der Waals surface area contributed by atoms with Crippen molar-refractivity contribution in [1.29, 1.82) is 0 Å². The van der Waals surface area contributed by atoms with Gasteiger partial charge in [-0.3, -0.25) is 14.1 Å². The third kappa shape index (κ3) is 7.46. The highest BCUT2D eigenvalue weighted by atomic mass is 32.2. The van der Waals surface area contributed by atoms with Gasteiger partial charge in [0.15, 0.2) is 0 Å². The molecule has 1 atom stereocenters. The van der Waals surface area contributed by atoms with Crippen molar-refractivity contribution >= 4 is 44.2 Å². The van der Waals surface area contributed by atoms with Crippen molar-refractivity contribution in [1.82, 2.24) is 0 Å². The Balaban J connectivity index is 0.000000307. The van der Waals surface area contributed by atoms with Gasteiger partial charge in [-0.25, -0.2) is 0 Å². The predicted molar refractivity (Wildman–Crippen MR) is 130 cm³/mol. The molecule has 0 bridgehead atoms. The number of hydrogen-bond acceptors (Lipinski definition) is 6. The van der Waals surface area contributed by atoms with Crippen molar-refractivity contribution in [3.05, 3.63) is 36.4 Å². The van der Waals surface area contributed by atoms with E-state index in [0.717, 1.165) is 34.3 Å². The van der Waals surface area contributed by atoms with Crippen LogP contribution in [0.5, 0.6) is 5.75 Å². The Kier molecular flexibility index (Phi) is 10.8. The lowest BCUT2D eigenvalue weighted by molar-refractivity contribution is -0.382. The number of carbonyl (C=O) groups is 2. The zero-order valence-corrected chi connectivity index (χ0v) is 22.6. The summed E-state index contributed by atoms with van der Waals surface area (Å²) in [4.78, 5) is 24.9. The van der Waals surface area contributed by atoms with E-state index in [-0.39, 0.29) is 16.8 Å². The zero-order valence-electron chi connectivity index (χ0n) is 21.0. The van der Waals surface area contributed by atoms with E-state index in [9.17, 15) is 57.5 Å². The molecule has 1 aliphatic carbocycles. The van der Waals surface area contributed by atoms with Gasteiger partial charge in [0.05, 0.1) is 11.9 Å². The third-order valence-corrected chi connectivity index (χ3v) is 7.96.